The molecule has 5 heteroatoms. The van der Waals surface area contributed by atoms with Crippen molar-refractivity contribution in [1.29, 1.82) is 0 Å². The molecular formula is C9H16ClNO3. The molecule has 1 spiro atoms. The molecule has 0 aromatic rings. The first-order valence-corrected chi connectivity index (χ1v) is 4.65. The van der Waals surface area contributed by atoms with Crippen LogP contribution in [0.1, 0.15) is 6.42 Å². The van der Waals surface area contributed by atoms with Crippen molar-refractivity contribution < 1.29 is 14.3 Å². The molecular weight excluding hydrogens is 206 g/mol. The van der Waals surface area contributed by atoms with E-state index in [1.807, 2.05) is 0 Å². The van der Waals surface area contributed by atoms with Crippen LogP contribution in [0.2, 0.25) is 0 Å². The lowest BCUT2D eigenvalue weighted by atomic mass is 9.77. The van der Waals surface area contributed by atoms with Crippen LogP contribution in [-0.4, -0.2) is 39.4 Å². The number of methoxy groups -OCH3 is 1. The molecule has 0 aromatic carbocycles. The summed E-state index contributed by atoms with van der Waals surface area (Å²) in [6, 6.07) is 0. The Hall–Kier alpha value is -0.320. The summed E-state index contributed by atoms with van der Waals surface area (Å²) < 4.78 is 10.1. The largest absolute Gasteiger partial charge is 0.469 e. The van der Waals surface area contributed by atoms with Crippen LogP contribution in [0.5, 0.6) is 0 Å². The first kappa shape index (κ1) is 11.8. The van der Waals surface area contributed by atoms with Gasteiger partial charge in [0.1, 0.15) is 0 Å². The molecule has 2 heterocycles. The van der Waals surface area contributed by atoms with Crippen LogP contribution in [0.4, 0.5) is 0 Å². The number of halogens is 1. The minimum Gasteiger partial charge on any atom is -0.469 e. The van der Waals surface area contributed by atoms with Crippen LogP contribution in [0.3, 0.4) is 0 Å². The van der Waals surface area contributed by atoms with Gasteiger partial charge in [0.15, 0.2) is 0 Å². The molecule has 2 saturated heterocycles. The lowest BCUT2D eigenvalue weighted by molar-refractivity contribution is -0.148. The van der Waals surface area contributed by atoms with Gasteiger partial charge >= 0.3 is 5.97 Å². The van der Waals surface area contributed by atoms with Crippen molar-refractivity contribution >= 4 is 18.4 Å². The topological polar surface area (TPSA) is 47.6 Å². The third kappa shape index (κ3) is 1.74. The molecule has 0 amide bonds. The Morgan fingerprint density at radius 1 is 1.64 bits per heavy atom. The van der Waals surface area contributed by atoms with Gasteiger partial charge in [-0.2, -0.15) is 0 Å². The van der Waals surface area contributed by atoms with Crippen molar-refractivity contribution in [2.45, 2.75) is 6.42 Å². The summed E-state index contributed by atoms with van der Waals surface area (Å²) >= 11 is 0. The zero-order valence-corrected chi connectivity index (χ0v) is 9.06. The second-order valence-electron chi connectivity index (χ2n) is 3.87. The lowest BCUT2D eigenvalue weighted by Gasteiger charge is -2.25. The molecule has 2 aliphatic heterocycles. The van der Waals surface area contributed by atoms with Gasteiger partial charge in [0.05, 0.1) is 19.6 Å². The summed E-state index contributed by atoms with van der Waals surface area (Å²) in [5, 5.41) is 3.24. The summed E-state index contributed by atoms with van der Waals surface area (Å²) in [5.41, 5.74) is 0.0209. The molecule has 2 atom stereocenters. The Kier molecular flexibility index (Phi) is 3.75. The van der Waals surface area contributed by atoms with E-state index < -0.39 is 0 Å². The van der Waals surface area contributed by atoms with Crippen LogP contribution in [-0.2, 0) is 14.3 Å². The van der Waals surface area contributed by atoms with E-state index in [2.05, 4.69) is 5.32 Å². The van der Waals surface area contributed by atoms with E-state index >= 15 is 0 Å². The first-order valence-electron chi connectivity index (χ1n) is 4.65. The molecule has 14 heavy (non-hydrogen) atoms. The lowest BCUT2D eigenvalue weighted by Crippen LogP contribution is -2.36. The van der Waals surface area contributed by atoms with Gasteiger partial charge in [-0.1, -0.05) is 0 Å². The summed E-state index contributed by atoms with van der Waals surface area (Å²) in [6.07, 6.45) is 0.972. The molecule has 2 unspecified atom stereocenters. The molecule has 2 aliphatic rings. The van der Waals surface area contributed by atoms with Crippen molar-refractivity contribution in [3.8, 4) is 0 Å². The van der Waals surface area contributed by atoms with E-state index in [-0.39, 0.29) is 29.7 Å². The number of carbonyl (C=O) groups excluding carboxylic acids is 1. The van der Waals surface area contributed by atoms with E-state index in [9.17, 15) is 4.79 Å². The standard InChI is InChI=1S/C9H15NO3.ClH/c1-12-8(11)7-4-10-5-9(7)2-3-13-6-9;/h7,10H,2-6H2,1H3;1H. The van der Waals surface area contributed by atoms with Gasteiger partial charge < -0.3 is 14.8 Å². The molecule has 0 aromatic heterocycles. The fourth-order valence-electron chi connectivity index (χ4n) is 2.32. The number of ether oxygens (including phenoxy) is 2. The Morgan fingerprint density at radius 2 is 2.43 bits per heavy atom. The number of nitrogens with one attached hydrogen (secondary N) is 1. The van der Waals surface area contributed by atoms with Crippen molar-refractivity contribution in [3.05, 3.63) is 0 Å². The zero-order valence-electron chi connectivity index (χ0n) is 8.25. The van der Waals surface area contributed by atoms with Gasteiger partial charge in [-0.25, -0.2) is 0 Å². The van der Waals surface area contributed by atoms with Gasteiger partial charge in [0.2, 0.25) is 0 Å². The number of hydrogen-bond donors (Lipinski definition) is 1. The van der Waals surface area contributed by atoms with Gasteiger partial charge in [-0.15, -0.1) is 12.4 Å². The Balaban J connectivity index is 0.000000980. The van der Waals surface area contributed by atoms with Gasteiger partial charge in [-0.05, 0) is 6.42 Å². The third-order valence-electron chi connectivity index (χ3n) is 3.18. The van der Waals surface area contributed by atoms with E-state index in [4.69, 9.17) is 9.47 Å². The fraction of sp³-hybridized carbons (Fsp3) is 0.889. The molecule has 2 rings (SSSR count). The number of carbonyl (C=O) groups is 1. The smallest absolute Gasteiger partial charge is 0.310 e. The summed E-state index contributed by atoms with van der Waals surface area (Å²) in [5.74, 6) is -0.115. The average molecular weight is 222 g/mol. The van der Waals surface area contributed by atoms with Crippen molar-refractivity contribution in [3.63, 3.8) is 0 Å². The quantitative estimate of drug-likeness (QED) is 0.643. The zero-order chi connectivity index (χ0) is 9.31. The number of rotatable bonds is 1. The molecule has 1 N–H and O–H groups in total. The second kappa shape index (κ2) is 4.47. The number of hydrogen-bond acceptors (Lipinski definition) is 4. The summed E-state index contributed by atoms with van der Waals surface area (Å²) in [7, 11) is 1.45. The van der Waals surface area contributed by atoms with E-state index in [0.29, 0.717) is 6.61 Å². The molecule has 0 aliphatic carbocycles. The van der Waals surface area contributed by atoms with Crippen molar-refractivity contribution in [2.24, 2.45) is 11.3 Å². The monoisotopic (exact) mass is 221 g/mol. The maximum Gasteiger partial charge on any atom is 0.310 e. The van der Waals surface area contributed by atoms with Gasteiger partial charge in [0, 0.05) is 25.1 Å². The molecule has 0 bridgehead atoms. The van der Waals surface area contributed by atoms with Crippen LogP contribution in [0.25, 0.3) is 0 Å². The van der Waals surface area contributed by atoms with Crippen LogP contribution in [0, 0.1) is 11.3 Å². The van der Waals surface area contributed by atoms with E-state index in [1.54, 1.807) is 0 Å². The number of esters is 1. The molecule has 0 saturated carbocycles. The normalized spacial score (nSPS) is 35.6. The highest BCUT2D eigenvalue weighted by molar-refractivity contribution is 5.85. The Labute approximate surface area is 89.7 Å². The highest BCUT2D eigenvalue weighted by Crippen LogP contribution is 2.39. The van der Waals surface area contributed by atoms with E-state index in [1.165, 1.54) is 7.11 Å². The molecule has 0 radical (unpaired) electrons. The van der Waals surface area contributed by atoms with Crippen LogP contribution >= 0.6 is 12.4 Å². The fourth-order valence-corrected chi connectivity index (χ4v) is 2.32. The predicted octanol–water partition coefficient (Wildman–Crippen LogP) is 0.207. The van der Waals surface area contributed by atoms with Crippen molar-refractivity contribution in [1.82, 2.24) is 5.32 Å². The summed E-state index contributed by atoms with van der Waals surface area (Å²) in [6.45, 7) is 3.08. The maximum atomic E-state index is 11.5. The van der Waals surface area contributed by atoms with Crippen molar-refractivity contribution in [2.75, 3.05) is 33.4 Å². The molecule has 4 nitrogen and oxygen atoms in total. The van der Waals surface area contributed by atoms with Gasteiger partial charge in [-0.3, -0.25) is 4.79 Å². The SMILES string of the molecule is COC(=O)C1CNCC12CCOC2.Cl. The second-order valence-corrected chi connectivity index (χ2v) is 3.87. The minimum atomic E-state index is -0.101. The van der Waals surface area contributed by atoms with E-state index in [0.717, 1.165) is 26.1 Å². The van der Waals surface area contributed by atoms with Gasteiger partial charge in [0.25, 0.3) is 0 Å². The predicted molar refractivity (Wildman–Crippen MR) is 53.5 cm³/mol. The average Bonchev–Trinajstić information content (AvgIpc) is 2.76. The van der Waals surface area contributed by atoms with Crippen LogP contribution < -0.4 is 5.32 Å². The van der Waals surface area contributed by atoms with Crippen LogP contribution in [0.15, 0.2) is 0 Å². The maximum absolute atomic E-state index is 11.5. The third-order valence-corrected chi connectivity index (χ3v) is 3.18. The first-order chi connectivity index (χ1) is 6.28. The highest BCUT2D eigenvalue weighted by Gasteiger charge is 2.49. The summed E-state index contributed by atoms with van der Waals surface area (Å²) in [4.78, 5) is 11.5. The minimum absolute atomic E-state index is 0. The highest BCUT2D eigenvalue weighted by atomic mass is 35.5. The Bertz CT molecular complexity index is 211. The Morgan fingerprint density at radius 3 is 3.00 bits per heavy atom. The molecule has 2 fully saturated rings. The molecule has 82 valence electrons.